The second-order valence-electron chi connectivity index (χ2n) is 4.36. The Labute approximate surface area is 86.4 Å². The van der Waals surface area contributed by atoms with E-state index in [1.54, 1.807) is 0 Å². The van der Waals surface area contributed by atoms with Gasteiger partial charge in [-0.3, -0.25) is 0 Å². The van der Waals surface area contributed by atoms with Crippen LogP contribution in [-0.4, -0.2) is 25.8 Å². The molecule has 3 nitrogen and oxygen atoms in total. The summed E-state index contributed by atoms with van der Waals surface area (Å²) in [7, 11) is 0. The van der Waals surface area contributed by atoms with Gasteiger partial charge in [0.25, 0.3) is 0 Å². The lowest BCUT2D eigenvalue weighted by Gasteiger charge is -2.27. The van der Waals surface area contributed by atoms with Crippen LogP contribution in [0.25, 0.3) is 0 Å². The number of nitrogens with one attached hydrogen (secondary N) is 1. The molecular weight excluding hydrogens is 176 g/mol. The quantitative estimate of drug-likeness (QED) is 0.742. The lowest BCUT2D eigenvalue weighted by Crippen LogP contribution is -2.39. The van der Waals surface area contributed by atoms with E-state index in [2.05, 4.69) is 25.2 Å². The molecule has 80 valence electrons. The van der Waals surface area contributed by atoms with Gasteiger partial charge in [-0.05, 0) is 31.2 Å². The maximum Gasteiger partial charge on any atom is 0.0983 e. The van der Waals surface area contributed by atoms with Crippen LogP contribution in [0.4, 0.5) is 0 Å². The summed E-state index contributed by atoms with van der Waals surface area (Å²) in [4.78, 5) is 0. The topological polar surface area (TPSA) is 45.0 Å². The molecule has 0 aromatic carbocycles. The summed E-state index contributed by atoms with van der Waals surface area (Å²) in [6.45, 7) is 6.87. The first kappa shape index (κ1) is 11.5. The zero-order valence-electron chi connectivity index (χ0n) is 9.12. The summed E-state index contributed by atoms with van der Waals surface area (Å²) in [5.74, 6) is 1.08. The van der Waals surface area contributed by atoms with E-state index in [4.69, 9.17) is 10.00 Å². The van der Waals surface area contributed by atoms with Crippen molar-refractivity contribution in [2.24, 2.45) is 11.8 Å². The monoisotopic (exact) mass is 196 g/mol. The zero-order chi connectivity index (χ0) is 10.4. The number of nitriles is 1. The van der Waals surface area contributed by atoms with Gasteiger partial charge in [0.1, 0.15) is 0 Å². The van der Waals surface area contributed by atoms with Gasteiger partial charge >= 0.3 is 0 Å². The molecule has 0 aliphatic carbocycles. The molecule has 0 amide bonds. The number of hydrogen-bond donors (Lipinski definition) is 1. The van der Waals surface area contributed by atoms with Crippen molar-refractivity contribution in [1.29, 1.82) is 5.26 Å². The molecule has 1 saturated heterocycles. The highest BCUT2D eigenvalue weighted by Crippen LogP contribution is 2.18. The number of ether oxygens (including phenoxy) is 1. The molecule has 1 unspecified atom stereocenters. The average molecular weight is 196 g/mol. The minimum absolute atomic E-state index is 0.0151. The average Bonchev–Trinajstić information content (AvgIpc) is 2.20. The molecule has 1 atom stereocenters. The first-order valence-electron chi connectivity index (χ1n) is 5.44. The van der Waals surface area contributed by atoms with Crippen molar-refractivity contribution in [3.05, 3.63) is 0 Å². The van der Waals surface area contributed by atoms with Crippen LogP contribution in [0.2, 0.25) is 0 Å². The first-order valence-corrected chi connectivity index (χ1v) is 5.44. The van der Waals surface area contributed by atoms with Crippen molar-refractivity contribution in [1.82, 2.24) is 5.32 Å². The molecule has 1 heterocycles. The van der Waals surface area contributed by atoms with Gasteiger partial charge in [-0.1, -0.05) is 13.8 Å². The minimum atomic E-state index is 0.0151. The fraction of sp³-hybridized carbons (Fsp3) is 0.909. The SMILES string of the molecule is CC(C)CNC(C#N)C1CCOCC1. The maximum atomic E-state index is 9.04. The molecule has 1 fully saturated rings. The van der Waals surface area contributed by atoms with E-state index in [0.717, 1.165) is 32.6 Å². The van der Waals surface area contributed by atoms with Gasteiger partial charge in [0.05, 0.1) is 12.1 Å². The molecular formula is C11H20N2O. The Hall–Kier alpha value is -0.590. The molecule has 0 aromatic heterocycles. The van der Waals surface area contributed by atoms with E-state index < -0.39 is 0 Å². The van der Waals surface area contributed by atoms with E-state index in [9.17, 15) is 0 Å². The van der Waals surface area contributed by atoms with Gasteiger partial charge in [-0.15, -0.1) is 0 Å². The Balaban J connectivity index is 2.33. The second kappa shape index (κ2) is 6.00. The van der Waals surface area contributed by atoms with E-state index in [1.165, 1.54) is 0 Å². The molecule has 0 aromatic rings. The fourth-order valence-corrected chi connectivity index (χ4v) is 1.73. The van der Waals surface area contributed by atoms with Crippen molar-refractivity contribution >= 4 is 0 Å². The van der Waals surface area contributed by atoms with Crippen LogP contribution in [0.3, 0.4) is 0 Å². The summed E-state index contributed by atoms with van der Waals surface area (Å²) < 4.78 is 5.28. The van der Waals surface area contributed by atoms with Gasteiger partial charge in [0, 0.05) is 13.2 Å². The largest absolute Gasteiger partial charge is 0.381 e. The van der Waals surface area contributed by atoms with Crippen LogP contribution in [0.15, 0.2) is 0 Å². The van der Waals surface area contributed by atoms with Crippen molar-refractivity contribution in [3.8, 4) is 6.07 Å². The van der Waals surface area contributed by atoms with Crippen LogP contribution in [-0.2, 0) is 4.74 Å². The van der Waals surface area contributed by atoms with Gasteiger partial charge in [0.15, 0.2) is 0 Å². The lowest BCUT2D eigenvalue weighted by atomic mass is 9.92. The second-order valence-corrected chi connectivity index (χ2v) is 4.36. The van der Waals surface area contributed by atoms with Crippen molar-refractivity contribution < 1.29 is 4.74 Å². The van der Waals surface area contributed by atoms with Crippen LogP contribution in [0.1, 0.15) is 26.7 Å². The third-order valence-corrected chi connectivity index (χ3v) is 2.62. The third kappa shape index (κ3) is 3.65. The van der Waals surface area contributed by atoms with Gasteiger partial charge in [-0.2, -0.15) is 5.26 Å². The van der Waals surface area contributed by atoms with Crippen molar-refractivity contribution in [2.75, 3.05) is 19.8 Å². The first-order chi connectivity index (χ1) is 6.74. The van der Waals surface area contributed by atoms with E-state index in [0.29, 0.717) is 11.8 Å². The Kier molecular flexibility index (Phi) is 4.92. The minimum Gasteiger partial charge on any atom is -0.381 e. The number of nitrogens with zero attached hydrogens (tertiary/aromatic N) is 1. The molecule has 0 radical (unpaired) electrons. The highest BCUT2D eigenvalue weighted by Gasteiger charge is 2.23. The molecule has 1 N–H and O–H groups in total. The van der Waals surface area contributed by atoms with Crippen LogP contribution < -0.4 is 5.32 Å². The summed E-state index contributed by atoms with van der Waals surface area (Å²) in [5.41, 5.74) is 0. The van der Waals surface area contributed by atoms with E-state index in [1.807, 2.05) is 0 Å². The van der Waals surface area contributed by atoms with Crippen LogP contribution >= 0.6 is 0 Å². The molecule has 0 saturated carbocycles. The molecule has 1 rings (SSSR count). The number of rotatable bonds is 4. The number of hydrogen-bond acceptors (Lipinski definition) is 3. The zero-order valence-corrected chi connectivity index (χ0v) is 9.12. The Bertz CT molecular complexity index is 192. The molecule has 0 bridgehead atoms. The van der Waals surface area contributed by atoms with Gasteiger partial charge in [-0.25, -0.2) is 0 Å². The Morgan fingerprint density at radius 2 is 2.07 bits per heavy atom. The van der Waals surface area contributed by atoms with E-state index >= 15 is 0 Å². The van der Waals surface area contributed by atoms with Crippen molar-refractivity contribution in [3.63, 3.8) is 0 Å². The molecule has 1 aliphatic rings. The van der Waals surface area contributed by atoms with Crippen molar-refractivity contribution in [2.45, 2.75) is 32.7 Å². The summed E-state index contributed by atoms with van der Waals surface area (Å²) in [6, 6.07) is 2.38. The predicted octanol–water partition coefficient (Wildman–Crippen LogP) is 1.55. The highest BCUT2D eigenvalue weighted by atomic mass is 16.5. The van der Waals surface area contributed by atoms with Gasteiger partial charge in [0.2, 0.25) is 0 Å². The molecule has 0 spiro atoms. The van der Waals surface area contributed by atoms with Gasteiger partial charge < -0.3 is 10.1 Å². The summed E-state index contributed by atoms with van der Waals surface area (Å²) in [5, 5.41) is 12.4. The fourth-order valence-electron chi connectivity index (χ4n) is 1.73. The van der Waals surface area contributed by atoms with Crippen LogP contribution in [0, 0.1) is 23.2 Å². The normalized spacial score (nSPS) is 20.7. The lowest BCUT2D eigenvalue weighted by molar-refractivity contribution is 0.0596. The van der Waals surface area contributed by atoms with E-state index in [-0.39, 0.29) is 6.04 Å². The van der Waals surface area contributed by atoms with Crippen LogP contribution in [0.5, 0.6) is 0 Å². The standard InChI is InChI=1S/C11H20N2O/c1-9(2)8-13-11(7-12)10-3-5-14-6-4-10/h9-11,13H,3-6,8H2,1-2H3. The maximum absolute atomic E-state index is 9.04. The Morgan fingerprint density at radius 1 is 1.43 bits per heavy atom. The molecule has 14 heavy (non-hydrogen) atoms. The highest BCUT2D eigenvalue weighted by molar-refractivity contribution is 4.95. The summed E-state index contributed by atoms with van der Waals surface area (Å²) >= 11 is 0. The third-order valence-electron chi connectivity index (χ3n) is 2.62. The Morgan fingerprint density at radius 3 is 2.57 bits per heavy atom. The summed E-state index contributed by atoms with van der Waals surface area (Å²) in [6.07, 6.45) is 2.03. The smallest absolute Gasteiger partial charge is 0.0983 e. The predicted molar refractivity (Wildman–Crippen MR) is 55.8 cm³/mol. The molecule has 3 heteroatoms. The molecule has 1 aliphatic heterocycles.